The van der Waals surface area contributed by atoms with Crippen molar-refractivity contribution in [3.05, 3.63) is 63.0 Å². The van der Waals surface area contributed by atoms with Gasteiger partial charge in [-0.15, -0.1) is 0 Å². The molecular formula is C17H17F3N4O2. The number of benzene rings is 1. The molecule has 26 heavy (non-hydrogen) atoms. The summed E-state index contributed by atoms with van der Waals surface area (Å²) in [6.07, 6.45) is -3.31. The molecule has 6 nitrogen and oxygen atoms in total. The maximum Gasteiger partial charge on any atom is 0.416 e. The monoisotopic (exact) mass is 366 g/mol. The fourth-order valence-electron chi connectivity index (χ4n) is 2.76. The first-order chi connectivity index (χ1) is 12.0. The van der Waals surface area contributed by atoms with Crippen LogP contribution in [0.2, 0.25) is 0 Å². The van der Waals surface area contributed by atoms with E-state index in [1.54, 1.807) is 20.8 Å². The van der Waals surface area contributed by atoms with Gasteiger partial charge in [-0.25, -0.2) is 14.5 Å². The minimum Gasteiger partial charge on any atom is -0.708 e. The summed E-state index contributed by atoms with van der Waals surface area (Å²) in [6.45, 7) is 5.05. The van der Waals surface area contributed by atoms with Crippen molar-refractivity contribution >= 4 is 11.0 Å². The lowest BCUT2D eigenvalue weighted by Crippen LogP contribution is -2.52. The van der Waals surface area contributed by atoms with Crippen molar-refractivity contribution in [3.8, 4) is 0 Å². The van der Waals surface area contributed by atoms with Gasteiger partial charge < -0.3 is 5.21 Å². The van der Waals surface area contributed by atoms with E-state index in [1.165, 1.54) is 29.1 Å². The average Bonchev–Trinajstić information content (AvgIpc) is 2.92. The highest BCUT2D eigenvalue weighted by Crippen LogP contribution is 2.32. The Morgan fingerprint density at radius 3 is 2.50 bits per heavy atom. The van der Waals surface area contributed by atoms with E-state index >= 15 is 0 Å². The summed E-state index contributed by atoms with van der Waals surface area (Å²) in [7, 11) is 0. The zero-order valence-corrected chi connectivity index (χ0v) is 14.4. The van der Waals surface area contributed by atoms with E-state index in [1.807, 2.05) is 0 Å². The van der Waals surface area contributed by atoms with Gasteiger partial charge in [0.2, 0.25) is 5.65 Å². The topological polar surface area (TPSA) is 77.6 Å². The normalized spacial score (nSPS) is 12.7. The summed E-state index contributed by atoms with van der Waals surface area (Å²) in [6, 6.07) is 5.17. The first-order valence-electron chi connectivity index (χ1n) is 7.87. The second kappa shape index (κ2) is 5.86. The molecule has 0 amide bonds. The lowest BCUT2D eigenvalue weighted by Gasteiger charge is -2.18. The SMILES string of the molecule is CC(C)(C)c1[nH]c2c(cnn2Cc2ccccc2C(F)(F)F)c(=O)[n+]1[O-]. The number of nitrogens with zero attached hydrogens (tertiary/aromatic N) is 3. The van der Waals surface area contributed by atoms with Gasteiger partial charge in [0, 0.05) is 0 Å². The Hall–Kier alpha value is -2.84. The molecule has 2 aromatic heterocycles. The molecule has 0 fully saturated rings. The third kappa shape index (κ3) is 3.04. The van der Waals surface area contributed by atoms with Crippen molar-refractivity contribution in [2.45, 2.75) is 38.9 Å². The molecule has 0 spiro atoms. The zero-order valence-electron chi connectivity index (χ0n) is 14.4. The van der Waals surface area contributed by atoms with Gasteiger partial charge in [0.05, 0.1) is 23.7 Å². The molecule has 3 aromatic rings. The summed E-state index contributed by atoms with van der Waals surface area (Å²) in [4.78, 5) is 15.2. The van der Waals surface area contributed by atoms with Crippen LogP contribution in [-0.4, -0.2) is 14.8 Å². The van der Waals surface area contributed by atoms with Crippen LogP contribution in [0.25, 0.3) is 11.0 Å². The van der Waals surface area contributed by atoms with Gasteiger partial charge in [-0.3, -0.25) is 0 Å². The Morgan fingerprint density at radius 2 is 1.88 bits per heavy atom. The second-order valence-electron chi connectivity index (χ2n) is 7.04. The lowest BCUT2D eigenvalue weighted by molar-refractivity contribution is -0.634. The Kier molecular flexibility index (Phi) is 4.05. The molecule has 1 aromatic carbocycles. The van der Waals surface area contributed by atoms with Crippen LogP contribution in [-0.2, 0) is 18.1 Å². The quantitative estimate of drug-likeness (QED) is 0.560. The fraction of sp³-hybridized carbons (Fsp3) is 0.353. The third-order valence-electron chi connectivity index (χ3n) is 4.05. The molecule has 0 saturated carbocycles. The van der Waals surface area contributed by atoms with Crippen LogP contribution >= 0.6 is 0 Å². The molecule has 1 N–H and O–H groups in total. The second-order valence-corrected chi connectivity index (χ2v) is 7.04. The van der Waals surface area contributed by atoms with Gasteiger partial charge in [0.25, 0.3) is 5.82 Å². The number of hydrogen-bond donors (Lipinski definition) is 1. The van der Waals surface area contributed by atoms with E-state index in [0.29, 0.717) is 0 Å². The predicted octanol–water partition coefficient (Wildman–Crippen LogP) is 2.72. The van der Waals surface area contributed by atoms with Crippen LogP contribution in [0.3, 0.4) is 0 Å². The number of aromatic amines is 1. The summed E-state index contributed by atoms with van der Waals surface area (Å²) >= 11 is 0. The Morgan fingerprint density at radius 1 is 1.23 bits per heavy atom. The van der Waals surface area contributed by atoms with Crippen molar-refractivity contribution in [2.75, 3.05) is 0 Å². The molecule has 0 bridgehead atoms. The van der Waals surface area contributed by atoms with Gasteiger partial charge in [0.15, 0.2) is 5.39 Å². The van der Waals surface area contributed by atoms with Crippen molar-refractivity contribution in [3.63, 3.8) is 0 Å². The highest BCUT2D eigenvalue weighted by Gasteiger charge is 2.33. The standard InChI is InChI=1S/C17H17F3N4O2/c1-16(2,3)15-22-13-11(14(25)24(15)26)8-21-23(13)9-10-6-4-5-7-12(10)17(18,19)20/h4-8,22H,9H2,1-3H3. The van der Waals surface area contributed by atoms with Crippen LogP contribution in [0.15, 0.2) is 35.3 Å². The molecule has 3 rings (SSSR count). The van der Waals surface area contributed by atoms with E-state index in [0.717, 1.165) is 6.07 Å². The largest absolute Gasteiger partial charge is 0.708 e. The van der Waals surface area contributed by atoms with Crippen LogP contribution in [0.5, 0.6) is 0 Å². The van der Waals surface area contributed by atoms with Crippen LogP contribution in [0.1, 0.15) is 37.7 Å². The van der Waals surface area contributed by atoms with E-state index in [4.69, 9.17) is 0 Å². The predicted molar refractivity (Wildman–Crippen MR) is 88.6 cm³/mol. The summed E-state index contributed by atoms with van der Waals surface area (Å²) in [5, 5.41) is 16.2. The van der Waals surface area contributed by atoms with Crippen molar-refractivity contribution in [1.82, 2.24) is 14.8 Å². The molecule has 0 aliphatic carbocycles. The van der Waals surface area contributed by atoms with Crippen molar-refractivity contribution in [2.24, 2.45) is 0 Å². The van der Waals surface area contributed by atoms with Crippen LogP contribution in [0, 0.1) is 5.21 Å². The minimum absolute atomic E-state index is 0.0158. The van der Waals surface area contributed by atoms with E-state index < -0.39 is 22.7 Å². The smallest absolute Gasteiger partial charge is 0.416 e. The molecule has 0 radical (unpaired) electrons. The van der Waals surface area contributed by atoms with Crippen molar-refractivity contribution in [1.29, 1.82) is 0 Å². The summed E-state index contributed by atoms with van der Waals surface area (Å²) in [5.41, 5.74) is -1.99. The molecular weight excluding hydrogens is 349 g/mol. The summed E-state index contributed by atoms with van der Waals surface area (Å²) in [5.74, 6) is 0.112. The molecule has 0 aliphatic rings. The molecule has 138 valence electrons. The molecule has 2 heterocycles. The number of aromatic nitrogens is 4. The Balaban J connectivity index is 2.17. The number of alkyl halides is 3. The van der Waals surface area contributed by atoms with Gasteiger partial charge in [-0.1, -0.05) is 18.2 Å². The number of halogens is 3. The maximum absolute atomic E-state index is 13.2. The molecule has 9 heteroatoms. The van der Waals surface area contributed by atoms with Gasteiger partial charge in [0.1, 0.15) is 0 Å². The molecule has 0 atom stereocenters. The lowest BCUT2D eigenvalue weighted by atomic mass is 9.95. The Bertz CT molecular complexity index is 1030. The maximum atomic E-state index is 13.2. The number of H-pyrrole nitrogens is 1. The number of nitrogens with one attached hydrogen (secondary N) is 1. The van der Waals surface area contributed by atoms with Crippen LogP contribution < -0.4 is 10.3 Å². The fourth-order valence-corrected chi connectivity index (χ4v) is 2.76. The van der Waals surface area contributed by atoms with Gasteiger partial charge in [-0.2, -0.15) is 23.0 Å². The zero-order chi connectivity index (χ0) is 19.3. The number of fused-ring (bicyclic) bond motifs is 1. The van der Waals surface area contributed by atoms with E-state index in [9.17, 15) is 23.2 Å². The Labute approximate surface area is 146 Å². The molecule has 0 unspecified atom stereocenters. The van der Waals surface area contributed by atoms with Gasteiger partial charge >= 0.3 is 11.7 Å². The highest BCUT2D eigenvalue weighted by atomic mass is 19.4. The van der Waals surface area contributed by atoms with E-state index in [-0.39, 0.29) is 33.7 Å². The van der Waals surface area contributed by atoms with E-state index in [2.05, 4.69) is 10.1 Å². The average molecular weight is 366 g/mol. The first kappa shape index (κ1) is 18.0. The third-order valence-corrected chi connectivity index (χ3v) is 4.05. The molecule has 0 saturated heterocycles. The minimum atomic E-state index is -4.50. The first-order valence-corrected chi connectivity index (χ1v) is 7.87. The number of rotatable bonds is 2. The highest BCUT2D eigenvalue weighted by molar-refractivity contribution is 5.72. The van der Waals surface area contributed by atoms with Crippen LogP contribution in [0.4, 0.5) is 13.2 Å². The van der Waals surface area contributed by atoms with Gasteiger partial charge in [-0.05, 0) is 32.4 Å². The molecule has 0 aliphatic heterocycles. The number of hydrogen-bond acceptors (Lipinski definition) is 3. The summed E-state index contributed by atoms with van der Waals surface area (Å²) < 4.78 is 41.1. The van der Waals surface area contributed by atoms with Crippen molar-refractivity contribution < 1.29 is 17.9 Å².